The van der Waals surface area contributed by atoms with Crippen molar-refractivity contribution in [3.8, 4) is 5.69 Å². The zero-order valence-corrected chi connectivity index (χ0v) is 23.1. The average Bonchev–Trinajstić information content (AvgIpc) is 3.45. The Morgan fingerprint density at radius 3 is 2.44 bits per heavy atom. The molecule has 12 nitrogen and oxygen atoms in total. The molecule has 3 N–H and O–H groups in total. The Morgan fingerprint density at radius 1 is 1.00 bits per heavy atom. The topological polar surface area (TPSA) is 163 Å². The van der Waals surface area contributed by atoms with Crippen molar-refractivity contribution in [2.45, 2.75) is 25.1 Å². The van der Waals surface area contributed by atoms with Gasteiger partial charge in [-0.15, -0.1) is 5.10 Å². The minimum Gasteiger partial charge on any atom is -0.478 e. The first-order chi connectivity index (χ1) is 21.5. The summed E-state index contributed by atoms with van der Waals surface area (Å²) in [6.45, 7) is 1.35. The number of aliphatic carboxylic acids is 1. The summed E-state index contributed by atoms with van der Waals surface area (Å²) in [5.41, 5.74) is 1.44. The molecule has 1 aliphatic heterocycles. The Kier molecular flexibility index (Phi) is 8.67. The number of carboxylic acid groups (broad SMARTS) is 2. The van der Waals surface area contributed by atoms with Crippen LogP contribution in [0.4, 0.5) is 23.4 Å². The number of carbonyl (C=O) groups excluding carboxylic acids is 1. The lowest BCUT2D eigenvalue weighted by atomic mass is 10.0. The highest BCUT2D eigenvalue weighted by molar-refractivity contribution is 6.11. The van der Waals surface area contributed by atoms with Gasteiger partial charge in [0.2, 0.25) is 0 Å². The van der Waals surface area contributed by atoms with E-state index < -0.39 is 29.8 Å². The molecular weight excluding hydrogens is 602 g/mol. The summed E-state index contributed by atoms with van der Waals surface area (Å²) in [7, 11) is 0. The summed E-state index contributed by atoms with van der Waals surface area (Å²) in [5, 5.41) is 29.2. The summed E-state index contributed by atoms with van der Waals surface area (Å²) in [6.07, 6.45) is -0.401. The molecule has 0 spiro atoms. The van der Waals surface area contributed by atoms with Gasteiger partial charge in [-0.1, -0.05) is 5.21 Å². The van der Waals surface area contributed by atoms with Gasteiger partial charge in [-0.25, -0.2) is 23.9 Å². The molecule has 0 radical (unpaired) electrons. The van der Waals surface area contributed by atoms with E-state index in [2.05, 4.69) is 25.6 Å². The zero-order chi connectivity index (χ0) is 32.3. The number of benzene rings is 2. The zero-order valence-electron chi connectivity index (χ0n) is 23.1. The SMILES string of the molecule is O=C(O)C(F)(F)F.O=C(O)c1ccc2c(N(C(=O)c3ccc(-n4nnc5cccnc54)cc3F)[C@@H]3CCCNC3)nccc2c1. The standard InChI is InChI=1S/C27H22FN7O3.C2HF3O2/c28-22-14-18(35-25-23(32-33-35)4-2-11-30-25)6-8-21(22)26(36)34(19-3-1-10-29-15-19)24-20-7-5-17(27(37)38)13-16(20)9-12-31-24;3-2(4,5)1(6)7/h2,4-9,11-14,19,29H,1,3,10,15H2,(H,37,38);(H,6,7)/t19-;/m1./s1. The van der Waals surface area contributed by atoms with E-state index in [1.807, 2.05) is 0 Å². The highest BCUT2D eigenvalue weighted by Crippen LogP contribution is 2.31. The third kappa shape index (κ3) is 6.54. The molecule has 1 atom stereocenters. The quantitative estimate of drug-likeness (QED) is 0.241. The maximum absolute atomic E-state index is 15.6. The highest BCUT2D eigenvalue weighted by atomic mass is 19.4. The molecule has 16 heteroatoms. The Morgan fingerprint density at radius 2 is 1.78 bits per heavy atom. The number of piperidine rings is 1. The Bertz CT molecular complexity index is 1910. The molecule has 3 aromatic heterocycles. The van der Waals surface area contributed by atoms with Gasteiger partial charge in [-0.3, -0.25) is 9.69 Å². The number of nitrogens with one attached hydrogen (secondary N) is 1. The summed E-state index contributed by atoms with van der Waals surface area (Å²) < 4.78 is 48.7. The van der Waals surface area contributed by atoms with Gasteiger partial charge in [0, 0.05) is 30.4 Å². The van der Waals surface area contributed by atoms with E-state index in [1.165, 1.54) is 40.0 Å². The number of alkyl halides is 3. The monoisotopic (exact) mass is 625 g/mol. The van der Waals surface area contributed by atoms with Crippen LogP contribution in [0.15, 0.2) is 67.0 Å². The lowest BCUT2D eigenvalue weighted by Crippen LogP contribution is -2.49. The van der Waals surface area contributed by atoms with Gasteiger partial charge in [-0.2, -0.15) is 17.9 Å². The van der Waals surface area contributed by atoms with E-state index in [4.69, 9.17) is 9.90 Å². The van der Waals surface area contributed by atoms with E-state index in [0.717, 1.165) is 13.0 Å². The number of hydrogen-bond acceptors (Lipinski definition) is 8. The van der Waals surface area contributed by atoms with Crippen LogP contribution in [0, 0.1) is 5.82 Å². The molecule has 1 saturated heterocycles. The molecule has 6 rings (SSSR count). The van der Waals surface area contributed by atoms with Crippen LogP contribution >= 0.6 is 0 Å². The van der Waals surface area contributed by atoms with Crippen molar-refractivity contribution < 1.29 is 42.2 Å². The third-order valence-electron chi connectivity index (χ3n) is 6.95. The maximum Gasteiger partial charge on any atom is 0.490 e. The average molecular weight is 626 g/mol. The van der Waals surface area contributed by atoms with Gasteiger partial charge in [0.1, 0.15) is 17.2 Å². The molecule has 5 aromatic rings. The van der Waals surface area contributed by atoms with Crippen LogP contribution in [-0.4, -0.2) is 78.3 Å². The van der Waals surface area contributed by atoms with E-state index in [1.54, 1.807) is 36.5 Å². The second kappa shape index (κ2) is 12.6. The Balaban J connectivity index is 0.000000515. The van der Waals surface area contributed by atoms with Gasteiger partial charge >= 0.3 is 18.1 Å². The number of halogens is 4. The molecule has 0 unspecified atom stereocenters. The fraction of sp³-hybridized carbons (Fsp3) is 0.207. The number of rotatable bonds is 5. The Hall–Kier alpha value is -5.51. The van der Waals surface area contributed by atoms with Crippen LogP contribution in [0.3, 0.4) is 0 Å². The summed E-state index contributed by atoms with van der Waals surface area (Å²) >= 11 is 0. The summed E-state index contributed by atoms with van der Waals surface area (Å²) in [6, 6.07) is 13.8. The van der Waals surface area contributed by atoms with Crippen molar-refractivity contribution in [3.63, 3.8) is 0 Å². The van der Waals surface area contributed by atoms with Gasteiger partial charge in [0.15, 0.2) is 5.65 Å². The van der Waals surface area contributed by atoms with Gasteiger partial charge in [0.05, 0.1) is 22.9 Å². The lowest BCUT2D eigenvalue weighted by molar-refractivity contribution is -0.192. The fourth-order valence-electron chi connectivity index (χ4n) is 4.85. The smallest absolute Gasteiger partial charge is 0.478 e. The Labute approximate surface area is 250 Å². The van der Waals surface area contributed by atoms with Crippen molar-refractivity contribution >= 4 is 45.6 Å². The van der Waals surface area contributed by atoms with Gasteiger partial charge in [-0.05, 0) is 73.3 Å². The molecule has 45 heavy (non-hydrogen) atoms. The molecule has 4 heterocycles. The number of aromatic nitrogens is 5. The molecule has 0 saturated carbocycles. The predicted molar refractivity (Wildman–Crippen MR) is 152 cm³/mol. The number of carboxylic acids is 2. The van der Waals surface area contributed by atoms with E-state index in [0.29, 0.717) is 46.4 Å². The van der Waals surface area contributed by atoms with E-state index >= 15 is 4.39 Å². The molecular formula is C29H23F4N7O5. The summed E-state index contributed by atoms with van der Waals surface area (Å²) in [4.78, 5) is 44.6. The molecule has 1 amide bonds. The van der Waals surface area contributed by atoms with Crippen molar-refractivity contribution in [3.05, 3.63) is 83.9 Å². The largest absolute Gasteiger partial charge is 0.490 e. The van der Waals surface area contributed by atoms with E-state index in [9.17, 15) is 27.9 Å². The number of amides is 1. The number of nitrogens with zero attached hydrogens (tertiary/aromatic N) is 6. The summed E-state index contributed by atoms with van der Waals surface area (Å²) in [5.74, 6) is -4.70. The van der Waals surface area contributed by atoms with Crippen LogP contribution in [0.25, 0.3) is 27.6 Å². The number of pyridine rings is 2. The highest BCUT2D eigenvalue weighted by Gasteiger charge is 2.38. The van der Waals surface area contributed by atoms with E-state index in [-0.39, 0.29) is 17.2 Å². The molecule has 0 bridgehead atoms. The number of aromatic carboxylic acids is 1. The fourth-order valence-corrected chi connectivity index (χ4v) is 4.85. The first-order valence-corrected chi connectivity index (χ1v) is 13.4. The van der Waals surface area contributed by atoms with Crippen molar-refractivity contribution in [2.24, 2.45) is 0 Å². The van der Waals surface area contributed by atoms with Crippen LogP contribution in [0.5, 0.6) is 0 Å². The number of anilines is 1. The normalized spacial score (nSPS) is 14.9. The lowest BCUT2D eigenvalue weighted by Gasteiger charge is -2.34. The van der Waals surface area contributed by atoms with Crippen molar-refractivity contribution in [1.29, 1.82) is 0 Å². The van der Waals surface area contributed by atoms with Crippen molar-refractivity contribution in [2.75, 3.05) is 18.0 Å². The first kappa shape index (κ1) is 30.9. The molecule has 1 fully saturated rings. The first-order valence-electron chi connectivity index (χ1n) is 13.4. The van der Waals surface area contributed by atoms with Gasteiger partial charge < -0.3 is 15.5 Å². The molecule has 2 aromatic carbocycles. The van der Waals surface area contributed by atoms with Gasteiger partial charge in [0.25, 0.3) is 5.91 Å². The van der Waals surface area contributed by atoms with Crippen LogP contribution < -0.4 is 10.2 Å². The van der Waals surface area contributed by atoms with Crippen molar-refractivity contribution in [1.82, 2.24) is 30.3 Å². The predicted octanol–water partition coefficient (Wildman–Crippen LogP) is 4.23. The van der Waals surface area contributed by atoms with Crippen LogP contribution in [0.1, 0.15) is 33.6 Å². The van der Waals surface area contributed by atoms with Crippen LogP contribution in [0.2, 0.25) is 0 Å². The number of fused-ring (bicyclic) bond motifs is 2. The molecule has 0 aliphatic carbocycles. The minimum absolute atomic E-state index is 0.113. The molecule has 232 valence electrons. The second-order valence-corrected chi connectivity index (χ2v) is 9.87. The second-order valence-electron chi connectivity index (χ2n) is 9.87. The minimum atomic E-state index is -5.08. The number of hydrogen-bond donors (Lipinski definition) is 3. The maximum atomic E-state index is 15.6. The third-order valence-corrected chi connectivity index (χ3v) is 6.95. The molecule has 1 aliphatic rings. The number of carbonyl (C=O) groups is 3. The van der Waals surface area contributed by atoms with Crippen LogP contribution in [-0.2, 0) is 4.79 Å².